The molecule has 78 heavy (non-hydrogen) atoms. The van der Waals surface area contributed by atoms with Crippen LogP contribution in [-0.4, -0.2) is 13.4 Å². The molecule has 2 aromatic heterocycles. The van der Waals surface area contributed by atoms with E-state index in [0.717, 1.165) is 40.4 Å². The van der Waals surface area contributed by atoms with Gasteiger partial charge in [0.05, 0.1) is 17.0 Å². The fourth-order valence-electron chi connectivity index (χ4n) is 13.4. The van der Waals surface area contributed by atoms with Gasteiger partial charge in [0.2, 0.25) is 0 Å². The molecule has 0 saturated carbocycles. The summed E-state index contributed by atoms with van der Waals surface area (Å²) in [6.45, 7) is 16.0. The van der Waals surface area contributed by atoms with Gasteiger partial charge in [0.15, 0.2) is 5.88 Å². The number of hydrogen-bond donors (Lipinski definition) is 0. The lowest BCUT2D eigenvalue weighted by molar-refractivity contribution is 0.522. The SMILES string of the molecule is Cc1cc2c3c(c1)N(c1c#cc(C(C)(C)C)cc1)c1occc1B3c1ccccc1N2c1ccc(CC(C)(C)c2ccc(N3c4cc(C)cc5c4B(c4ccccc4N5c4ccccc4)c4c3sc3ccccc43)cc2)cc1. The van der Waals surface area contributed by atoms with Gasteiger partial charge >= 0.3 is 0 Å². The van der Waals surface area contributed by atoms with Crippen LogP contribution in [0.15, 0.2) is 205 Å². The number of aryl methyl sites for hydroxylation is 2. The molecule has 374 valence electrons. The number of anilines is 12. The Bertz CT molecular complexity index is 4190. The largest absolute Gasteiger partial charge is 0.449 e. The van der Waals surface area contributed by atoms with Crippen molar-refractivity contribution in [2.24, 2.45) is 0 Å². The molecular weight excluding hydrogens is 966 g/mol. The first kappa shape index (κ1) is 46.7. The van der Waals surface area contributed by atoms with Gasteiger partial charge in [0, 0.05) is 61.4 Å². The van der Waals surface area contributed by atoms with Crippen molar-refractivity contribution in [1.29, 1.82) is 0 Å². The summed E-state index contributed by atoms with van der Waals surface area (Å²) in [5.74, 6) is 0.837. The first-order chi connectivity index (χ1) is 37.9. The van der Waals surface area contributed by atoms with Crippen LogP contribution in [0.25, 0.3) is 10.1 Å². The Morgan fingerprint density at radius 2 is 1.03 bits per heavy atom. The first-order valence-corrected chi connectivity index (χ1v) is 28.2. The smallest absolute Gasteiger partial charge is 0.256 e. The maximum atomic E-state index is 6.41. The topological polar surface area (TPSA) is 26.1 Å². The summed E-state index contributed by atoms with van der Waals surface area (Å²) in [5, 5.41) is 2.63. The standard InChI is InChI=1S/C70H56B2N4OS/c1-44-39-59-65-61(41-44)75(51-33-27-47(28-34-51)69(3,4)5)67-56(37-38-77-67)71(65)54-20-12-14-22-57(54)74(59)50-31-25-46(26-32-50)43-70(6,7)48-29-35-52(36-30-48)76-62-42-45(2)40-60-66(62)72(64-53-19-11-16-24-63(53)78-68(64)76)55-21-13-15-23-58(55)73(60)49-17-9-8-10-18-49/h8-27,29-33,35-42H,43H2,1-7H3. The third kappa shape index (κ3) is 7.04. The van der Waals surface area contributed by atoms with E-state index in [9.17, 15) is 0 Å². The van der Waals surface area contributed by atoms with Crippen LogP contribution in [0.5, 0.6) is 0 Å². The Morgan fingerprint density at radius 1 is 0.474 bits per heavy atom. The highest BCUT2D eigenvalue weighted by Crippen LogP contribution is 2.49. The zero-order valence-corrected chi connectivity index (χ0v) is 45.8. The van der Waals surface area contributed by atoms with E-state index in [-0.39, 0.29) is 24.3 Å². The lowest BCUT2D eigenvalue weighted by atomic mass is 9.33. The third-order valence-electron chi connectivity index (χ3n) is 16.9. The molecule has 4 aliphatic rings. The number of thiophene rings is 1. The number of fused-ring (bicyclic) bond motifs is 10. The van der Waals surface area contributed by atoms with E-state index in [1.54, 1.807) is 0 Å². The molecule has 0 N–H and O–H groups in total. The van der Waals surface area contributed by atoms with Gasteiger partial charge in [-0.25, -0.2) is 0 Å². The molecule has 9 aromatic carbocycles. The van der Waals surface area contributed by atoms with Crippen molar-refractivity contribution in [2.45, 2.75) is 65.7 Å². The Morgan fingerprint density at radius 3 is 1.68 bits per heavy atom. The minimum absolute atomic E-state index is 0.0147. The molecule has 15 rings (SSSR count). The van der Waals surface area contributed by atoms with Gasteiger partial charge in [0.25, 0.3) is 13.4 Å². The number of para-hydroxylation sites is 3. The molecule has 0 atom stereocenters. The number of rotatable bonds is 7. The van der Waals surface area contributed by atoms with Crippen LogP contribution in [0.4, 0.5) is 67.8 Å². The van der Waals surface area contributed by atoms with Crippen LogP contribution in [0.2, 0.25) is 0 Å². The summed E-state index contributed by atoms with van der Waals surface area (Å²) >= 11 is 1.91. The van der Waals surface area contributed by atoms with Gasteiger partial charge < -0.3 is 19.1 Å². The zero-order valence-electron chi connectivity index (χ0n) is 45.0. The van der Waals surface area contributed by atoms with Crippen molar-refractivity contribution in [1.82, 2.24) is 0 Å². The van der Waals surface area contributed by atoms with Crippen molar-refractivity contribution in [3.8, 4) is 0 Å². The van der Waals surface area contributed by atoms with Crippen LogP contribution in [-0.2, 0) is 17.3 Å². The molecule has 0 aliphatic carbocycles. The average molecular weight is 1020 g/mol. The Labute approximate surface area is 462 Å². The second-order valence-electron chi connectivity index (χ2n) is 23.5. The van der Waals surface area contributed by atoms with E-state index in [1.807, 2.05) is 17.6 Å². The number of benzene rings is 8. The molecule has 6 heterocycles. The molecular formula is C70H56B2N4OS. The molecule has 0 amide bonds. The summed E-state index contributed by atoms with van der Waals surface area (Å²) in [5.41, 5.74) is 25.4. The van der Waals surface area contributed by atoms with Crippen LogP contribution in [0, 0.1) is 26.0 Å². The summed E-state index contributed by atoms with van der Waals surface area (Å²) in [6.07, 6.45) is 2.72. The van der Waals surface area contributed by atoms with Crippen molar-refractivity contribution >= 4 is 135 Å². The van der Waals surface area contributed by atoms with Gasteiger partial charge in [-0.3, -0.25) is 4.90 Å². The first-order valence-electron chi connectivity index (χ1n) is 27.3. The van der Waals surface area contributed by atoms with Gasteiger partial charge in [0.1, 0.15) is 0 Å². The van der Waals surface area contributed by atoms with Gasteiger partial charge in [-0.05, 0) is 195 Å². The fourth-order valence-corrected chi connectivity index (χ4v) is 14.6. The Hall–Kier alpha value is -8.63. The highest BCUT2D eigenvalue weighted by molar-refractivity contribution is 7.26. The van der Waals surface area contributed by atoms with E-state index < -0.39 is 0 Å². The van der Waals surface area contributed by atoms with E-state index in [0.29, 0.717) is 0 Å². The monoisotopic (exact) mass is 1020 g/mol. The van der Waals surface area contributed by atoms with Crippen LogP contribution < -0.4 is 52.4 Å². The second-order valence-corrected chi connectivity index (χ2v) is 24.5. The molecule has 8 heteroatoms. The van der Waals surface area contributed by atoms with Crippen molar-refractivity contribution in [3.63, 3.8) is 0 Å². The predicted molar refractivity (Wildman–Crippen MR) is 331 cm³/mol. The van der Waals surface area contributed by atoms with Crippen molar-refractivity contribution < 1.29 is 4.42 Å². The summed E-state index contributed by atoms with van der Waals surface area (Å²) in [4.78, 5) is 9.77. The molecule has 4 aliphatic heterocycles. The molecule has 0 saturated heterocycles. The molecule has 5 nitrogen and oxygen atoms in total. The minimum atomic E-state index is -0.149. The van der Waals surface area contributed by atoms with Crippen LogP contribution in [0.1, 0.15) is 62.4 Å². The quantitative estimate of drug-likeness (QED) is 0.148. The van der Waals surface area contributed by atoms with Gasteiger partial charge in [-0.2, -0.15) is 0 Å². The average Bonchev–Trinajstić information content (AvgIpc) is 4.25. The lowest BCUT2D eigenvalue weighted by Crippen LogP contribution is -2.61. The molecule has 0 unspecified atom stereocenters. The molecule has 11 aromatic rings. The Balaban J connectivity index is 0.774. The van der Waals surface area contributed by atoms with Gasteiger partial charge in [-0.1, -0.05) is 138 Å². The third-order valence-corrected chi connectivity index (χ3v) is 18.1. The molecule has 0 bridgehead atoms. The fraction of sp³-hybridized carbons (Fsp3) is 0.143. The van der Waals surface area contributed by atoms with Crippen molar-refractivity contribution in [3.05, 3.63) is 240 Å². The Kier molecular flexibility index (Phi) is 10.3. The van der Waals surface area contributed by atoms with E-state index >= 15 is 0 Å². The number of nitrogens with zero attached hydrogens (tertiary/aromatic N) is 4. The van der Waals surface area contributed by atoms with E-state index in [4.69, 9.17) is 4.42 Å². The van der Waals surface area contributed by atoms with Crippen LogP contribution in [0.3, 0.4) is 0 Å². The number of furan rings is 1. The highest BCUT2D eigenvalue weighted by atomic mass is 32.1. The predicted octanol–water partition coefficient (Wildman–Crippen LogP) is 14.7. The van der Waals surface area contributed by atoms with Crippen molar-refractivity contribution in [2.75, 3.05) is 19.6 Å². The maximum Gasteiger partial charge on any atom is 0.256 e. The van der Waals surface area contributed by atoms with Gasteiger partial charge in [-0.15, -0.1) is 11.3 Å². The second kappa shape index (κ2) is 17.2. The number of hydrogen-bond acceptors (Lipinski definition) is 6. The summed E-state index contributed by atoms with van der Waals surface area (Å²) < 4.78 is 7.72. The summed E-state index contributed by atoms with van der Waals surface area (Å²) in [7, 11) is 0. The highest BCUT2D eigenvalue weighted by Gasteiger charge is 2.47. The van der Waals surface area contributed by atoms with E-state index in [2.05, 4.69) is 274 Å². The van der Waals surface area contributed by atoms with Crippen LogP contribution >= 0.6 is 11.3 Å². The lowest BCUT2D eigenvalue weighted by Gasteiger charge is -2.43. The molecule has 0 radical (unpaired) electrons. The summed E-state index contributed by atoms with van der Waals surface area (Å²) in [6, 6.07) is 79.7. The minimum Gasteiger partial charge on any atom is -0.449 e. The zero-order chi connectivity index (χ0) is 52.8. The normalized spacial score (nSPS) is 13.9. The molecule has 0 spiro atoms. The van der Waals surface area contributed by atoms with E-state index in [1.165, 1.54) is 104 Å². The maximum absolute atomic E-state index is 6.41. The molecule has 0 fully saturated rings.